The molecular weight excluding hydrogens is 224 g/mol. The summed E-state index contributed by atoms with van der Waals surface area (Å²) in [7, 11) is 0. The minimum Gasteiger partial charge on any atom is -0.376 e. The van der Waals surface area contributed by atoms with Gasteiger partial charge in [-0.3, -0.25) is 0 Å². The molecule has 2 saturated heterocycles. The molecule has 0 aromatic heterocycles. The molecule has 3 aliphatic rings. The van der Waals surface area contributed by atoms with Crippen molar-refractivity contribution in [2.75, 3.05) is 26.4 Å². The lowest BCUT2D eigenvalue weighted by atomic mass is 9.79. The van der Waals surface area contributed by atoms with Crippen LogP contribution in [0.5, 0.6) is 0 Å². The topological polar surface area (TPSA) is 18.5 Å². The maximum Gasteiger partial charge on any atom is 0.0727 e. The Morgan fingerprint density at radius 2 is 1.67 bits per heavy atom. The van der Waals surface area contributed by atoms with Gasteiger partial charge >= 0.3 is 0 Å². The van der Waals surface area contributed by atoms with E-state index in [1.807, 2.05) is 0 Å². The molecule has 1 aromatic carbocycles. The lowest BCUT2D eigenvalue weighted by Gasteiger charge is -2.23. The summed E-state index contributed by atoms with van der Waals surface area (Å²) in [6.45, 7) is 3.24. The molecule has 0 amide bonds. The second kappa shape index (κ2) is 4.08. The predicted octanol–water partition coefficient (Wildman–Crippen LogP) is 2.82. The van der Waals surface area contributed by atoms with Gasteiger partial charge in [-0.15, -0.1) is 0 Å². The van der Waals surface area contributed by atoms with Gasteiger partial charge in [-0.05, 0) is 34.3 Å². The molecule has 4 rings (SSSR count). The van der Waals surface area contributed by atoms with E-state index >= 15 is 0 Å². The summed E-state index contributed by atoms with van der Waals surface area (Å²) in [5.74, 6) is 0.584. The van der Waals surface area contributed by atoms with Crippen LogP contribution in [0.25, 0.3) is 5.57 Å². The second-order valence-electron chi connectivity index (χ2n) is 5.24. The molecule has 0 radical (unpaired) electrons. The standard InChI is InChI=1S/C16H16O2/c1-2-4-11(5-3-1)13-6-12-7-17-8-14(12)16-10-18-9-15(13)16/h1-5,12H,6-10H2. The molecule has 1 unspecified atom stereocenters. The van der Waals surface area contributed by atoms with Gasteiger partial charge in [0.05, 0.1) is 26.4 Å². The van der Waals surface area contributed by atoms with Gasteiger partial charge in [-0.1, -0.05) is 30.3 Å². The summed E-state index contributed by atoms with van der Waals surface area (Å²) in [6, 6.07) is 10.7. The Labute approximate surface area is 107 Å². The van der Waals surface area contributed by atoms with Gasteiger partial charge in [0.1, 0.15) is 0 Å². The Balaban J connectivity index is 1.86. The molecule has 92 valence electrons. The van der Waals surface area contributed by atoms with Gasteiger partial charge in [0.2, 0.25) is 0 Å². The third-order valence-electron chi connectivity index (χ3n) is 4.25. The quantitative estimate of drug-likeness (QED) is 0.751. The summed E-state index contributed by atoms with van der Waals surface area (Å²) in [5, 5.41) is 0. The smallest absolute Gasteiger partial charge is 0.0727 e. The molecule has 2 aliphatic heterocycles. The van der Waals surface area contributed by atoms with Crippen LogP contribution in [0.1, 0.15) is 12.0 Å². The summed E-state index contributed by atoms with van der Waals surface area (Å²) >= 11 is 0. The van der Waals surface area contributed by atoms with E-state index < -0.39 is 0 Å². The molecular formula is C16H16O2. The van der Waals surface area contributed by atoms with Crippen molar-refractivity contribution in [2.45, 2.75) is 6.42 Å². The number of benzene rings is 1. The van der Waals surface area contributed by atoms with Crippen molar-refractivity contribution >= 4 is 5.57 Å². The van der Waals surface area contributed by atoms with Gasteiger partial charge in [0, 0.05) is 5.92 Å². The highest BCUT2D eigenvalue weighted by molar-refractivity contribution is 5.76. The Bertz CT molecular complexity index is 539. The number of allylic oxidation sites excluding steroid dienone is 1. The summed E-state index contributed by atoms with van der Waals surface area (Å²) in [4.78, 5) is 0. The zero-order valence-corrected chi connectivity index (χ0v) is 10.3. The highest BCUT2D eigenvalue weighted by atomic mass is 16.5. The van der Waals surface area contributed by atoms with Crippen LogP contribution in [0.4, 0.5) is 0 Å². The number of hydrogen-bond acceptors (Lipinski definition) is 2. The molecule has 2 heterocycles. The molecule has 2 fully saturated rings. The van der Waals surface area contributed by atoms with Crippen molar-refractivity contribution < 1.29 is 9.47 Å². The number of ether oxygens (including phenoxy) is 2. The van der Waals surface area contributed by atoms with Gasteiger partial charge in [-0.25, -0.2) is 0 Å². The van der Waals surface area contributed by atoms with Gasteiger partial charge in [0.15, 0.2) is 0 Å². The van der Waals surface area contributed by atoms with E-state index in [1.54, 1.807) is 0 Å². The Kier molecular flexibility index (Phi) is 2.39. The van der Waals surface area contributed by atoms with Crippen molar-refractivity contribution in [1.29, 1.82) is 0 Å². The third-order valence-corrected chi connectivity index (χ3v) is 4.25. The lowest BCUT2D eigenvalue weighted by molar-refractivity contribution is 0.188. The first-order valence-electron chi connectivity index (χ1n) is 6.58. The molecule has 2 heteroatoms. The van der Waals surface area contributed by atoms with Crippen LogP contribution >= 0.6 is 0 Å². The summed E-state index contributed by atoms with van der Waals surface area (Å²) in [5.41, 5.74) is 7.19. The van der Waals surface area contributed by atoms with E-state index in [4.69, 9.17) is 9.47 Å². The zero-order valence-electron chi connectivity index (χ0n) is 10.3. The number of fused-ring (bicyclic) bond motifs is 2. The molecule has 2 nitrogen and oxygen atoms in total. The average Bonchev–Trinajstić information content (AvgIpc) is 3.06. The molecule has 0 spiro atoms. The van der Waals surface area contributed by atoms with Crippen molar-refractivity contribution in [3.8, 4) is 0 Å². The molecule has 0 bridgehead atoms. The Hall–Kier alpha value is -1.38. The van der Waals surface area contributed by atoms with Crippen LogP contribution in [-0.2, 0) is 9.47 Å². The van der Waals surface area contributed by atoms with Crippen LogP contribution in [0, 0.1) is 5.92 Å². The Morgan fingerprint density at radius 1 is 0.833 bits per heavy atom. The third kappa shape index (κ3) is 1.49. The largest absolute Gasteiger partial charge is 0.376 e. The SMILES string of the molecule is c1ccc(C2=C3COCC3=C3COCC3C2)cc1. The van der Waals surface area contributed by atoms with Gasteiger partial charge in [0.25, 0.3) is 0 Å². The average molecular weight is 240 g/mol. The maximum atomic E-state index is 5.68. The molecule has 1 aromatic rings. The predicted molar refractivity (Wildman–Crippen MR) is 70.1 cm³/mol. The van der Waals surface area contributed by atoms with Gasteiger partial charge in [-0.2, -0.15) is 0 Å². The van der Waals surface area contributed by atoms with Crippen LogP contribution in [0.3, 0.4) is 0 Å². The number of rotatable bonds is 1. The second-order valence-corrected chi connectivity index (χ2v) is 5.24. The fraction of sp³-hybridized carbons (Fsp3) is 0.375. The highest BCUT2D eigenvalue weighted by Crippen LogP contribution is 2.44. The van der Waals surface area contributed by atoms with E-state index in [-0.39, 0.29) is 0 Å². The van der Waals surface area contributed by atoms with E-state index in [2.05, 4.69) is 30.3 Å². The first-order valence-corrected chi connectivity index (χ1v) is 6.58. The molecule has 1 aliphatic carbocycles. The molecule has 18 heavy (non-hydrogen) atoms. The minimum absolute atomic E-state index is 0.584. The Morgan fingerprint density at radius 3 is 2.56 bits per heavy atom. The van der Waals surface area contributed by atoms with Crippen molar-refractivity contribution in [3.63, 3.8) is 0 Å². The van der Waals surface area contributed by atoms with Crippen LogP contribution < -0.4 is 0 Å². The molecule has 0 N–H and O–H groups in total. The lowest BCUT2D eigenvalue weighted by Crippen LogP contribution is -2.13. The normalized spacial score (nSPS) is 26.6. The first kappa shape index (κ1) is 10.5. The summed E-state index contributed by atoms with van der Waals surface area (Å²) in [6.07, 6.45) is 1.11. The van der Waals surface area contributed by atoms with Crippen LogP contribution in [-0.4, -0.2) is 26.4 Å². The van der Waals surface area contributed by atoms with Crippen molar-refractivity contribution in [1.82, 2.24) is 0 Å². The van der Waals surface area contributed by atoms with Crippen LogP contribution in [0.15, 0.2) is 47.1 Å². The summed E-state index contributed by atoms with van der Waals surface area (Å²) < 4.78 is 11.3. The number of hydrogen-bond donors (Lipinski definition) is 0. The van der Waals surface area contributed by atoms with Crippen molar-refractivity contribution in [3.05, 3.63) is 52.6 Å². The maximum absolute atomic E-state index is 5.68. The fourth-order valence-corrected chi connectivity index (χ4v) is 3.33. The van der Waals surface area contributed by atoms with E-state index in [1.165, 1.54) is 27.9 Å². The van der Waals surface area contributed by atoms with Gasteiger partial charge < -0.3 is 9.47 Å². The zero-order chi connectivity index (χ0) is 11.9. The minimum atomic E-state index is 0.584. The fourth-order valence-electron chi connectivity index (χ4n) is 3.33. The van der Waals surface area contributed by atoms with E-state index in [0.29, 0.717) is 5.92 Å². The van der Waals surface area contributed by atoms with Crippen LogP contribution in [0.2, 0.25) is 0 Å². The van der Waals surface area contributed by atoms with Crippen molar-refractivity contribution in [2.24, 2.45) is 5.92 Å². The van der Waals surface area contributed by atoms with E-state index in [9.17, 15) is 0 Å². The van der Waals surface area contributed by atoms with E-state index in [0.717, 1.165) is 32.8 Å². The first-order chi connectivity index (χ1) is 8.93. The molecule has 1 atom stereocenters. The monoisotopic (exact) mass is 240 g/mol. The molecule has 0 saturated carbocycles. The highest BCUT2D eigenvalue weighted by Gasteiger charge is 2.35.